The van der Waals surface area contributed by atoms with Gasteiger partial charge in [0.05, 0.1) is 17.6 Å². The normalized spacial score (nSPS) is 38.0. The van der Waals surface area contributed by atoms with Gasteiger partial charge >= 0.3 is 6.03 Å². The number of carbonyl (C=O) groups excluding carboxylic acids is 1. The Morgan fingerprint density at radius 3 is 2.40 bits per heavy atom. The maximum atomic E-state index is 12.0. The van der Waals surface area contributed by atoms with Gasteiger partial charge in [0.25, 0.3) is 0 Å². The summed E-state index contributed by atoms with van der Waals surface area (Å²) in [6, 6.07) is -0.520. The van der Waals surface area contributed by atoms with Gasteiger partial charge in [-0.15, -0.1) is 0 Å². The molecule has 2 fully saturated rings. The molecule has 2 aliphatic rings. The summed E-state index contributed by atoms with van der Waals surface area (Å²) in [6.45, 7) is 6.17. The van der Waals surface area contributed by atoms with Crippen molar-refractivity contribution >= 4 is 15.9 Å². The zero-order chi connectivity index (χ0) is 15.1. The highest BCUT2D eigenvalue weighted by Crippen LogP contribution is 2.46. The number of amides is 2. The van der Waals surface area contributed by atoms with Gasteiger partial charge in [0.1, 0.15) is 0 Å². The highest BCUT2D eigenvalue weighted by atomic mass is 32.2. The van der Waals surface area contributed by atoms with Crippen LogP contribution < -0.4 is 10.6 Å². The third-order valence-electron chi connectivity index (χ3n) is 4.65. The molecule has 1 saturated heterocycles. The predicted octanol–water partition coefficient (Wildman–Crippen LogP) is 0.532. The fraction of sp³-hybridized carbons (Fsp3) is 0.923. The van der Waals surface area contributed by atoms with Gasteiger partial charge in [0, 0.05) is 30.5 Å². The number of urea groups is 1. The van der Waals surface area contributed by atoms with Crippen LogP contribution in [-0.4, -0.2) is 51.3 Å². The molecule has 116 valence electrons. The Bertz CT molecular complexity index is 489. The summed E-state index contributed by atoms with van der Waals surface area (Å²) in [4.78, 5) is 12.0. The first-order chi connectivity index (χ1) is 9.17. The Kier molecular flexibility index (Phi) is 4.03. The zero-order valence-electron chi connectivity index (χ0n) is 12.5. The first-order valence-electron chi connectivity index (χ1n) is 6.97. The Morgan fingerprint density at radius 2 is 1.95 bits per heavy atom. The van der Waals surface area contributed by atoms with E-state index in [1.54, 1.807) is 7.11 Å². The molecule has 2 rings (SSSR count). The molecular formula is C13H24N2O4S. The molecule has 0 bridgehead atoms. The van der Waals surface area contributed by atoms with E-state index in [1.165, 1.54) is 0 Å². The second-order valence-electron chi connectivity index (χ2n) is 6.53. The minimum absolute atomic E-state index is 0.0328. The molecule has 1 aliphatic carbocycles. The van der Waals surface area contributed by atoms with E-state index in [0.717, 1.165) is 0 Å². The molecular weight excluding hydrogens is 280 g/mol. The highest BCUT2D eigenvalue weighted by molar-refractivity contribution is 7.91. The summed E-state index contributed by atoms with van der Waals surface area (Å²) in [7, 11) is -1.29. The van der Waals surface area contributed by atoms with Gasteiger partial charge in [-0.1, -0.05) is 20.8 Å². The molecule has 20 heavy (non-hydrogen) atoms. The zero-order valence-corrected chi connectivity index (χ0v) is 13.3. The lowest BCUT2D eigenvalue weighted by Crippen LogP contribution is -2.69. The average molecular weight is 304 g/mol. The molecule has 7 heteroatoms. The summed E-state index contributed by atoms with van der Waals surface area (Å²) in [6.07, 6.45) is 0.625. The van der Waals surface area contributed by atoms with Gasteiger partial charge in [-0.2, -0.15) is 0 Å². The molecule has 4 unspecified atom stereocenters. The van der Waals surface area contributed by atoms with Crippen molar-refractivity contribution in [2.45, 2.75) is 45.4 Å². The van der Waals surface area contributed by atoms with Crippen LogP contribution in [0, 0.1) is 11.3 Å². The van der Waals surface area contributed by atoms with Crippen LogP contribution in [0.1, 0.15) is 27.2 Å². The Labute approximate surface area is 120 Å². The molecule has 0 spiro atoms. The number of methoxy groups -OCH3 is 1. The van der Waals surface area contributed by atoms with Gasteiger partial charge in [-0.05, 0) is 6.42 Å². The minimum atomic E-state index is -2.97. The highest BCUT2D eigenvalue weighted by Gasteiger charge is 2.55. The smallest absolute Gasteiger partial charge is 0.315 e. The van der Waals surface area contributed by atoms with Crippen LogP contribution >= 0.6 is 0 Å². The van der Waals surface area contributed by atoms with Gasteiger partial charge in [0.2, 0.25) is 0 Å². The van der Waals surface area contributed by atoms with E-state index in [0.29, 0.717) is 6.42 Å². The van der Waals surface area contributed by atoms with Crippen LogP contribution in [-0.2, 0) is 14.6 Å². The fourth-order valence-electron chi connectivity index (χ4n) is 3.70. The van der Waals surface area contributed by atoms with E-state index < -0.39 is 9.84 Å². The van der Waals surface area contributed by atoms with Crippen molar-refractivity contribution < 1.29 is 17.9 Å². The quantitative estimate of drug-likeness (QED) is 0.796. The molecule has 1 aliphatic heterocycles. The second kappa shape index (κ2) is 5.18. The lowest BCUT2D eigenvalue weighted by Gasteiger charge is -2.56. The first kappa shape index (κ1) is 15.6. The second-order valence-corrected chi connectivity index (χ2v) is 8.76. The predicted molar refractivity (Wildman–Crippen MR) is 76.3 cm³/mol. The van der Waals surface area contributed by atoms with Crippen LogP contribution in [0.15, 0.2) is 0 Å². The van der Waals surface area contributed by atoms with Crippen LogP contribution in [0.4, 0.5) is 4.79 Å². The minimum Gasteiger partial charge on any atom is -0.380 e. The van der Waals surface area contributed by atoms with E-state index in [4.69, 9.17) is 4.74 Å². The summed E-state index contributed by atoms with van der Waals surface area (Å²) >= 11 is 0. The van der Waals surface area contributed by atoms with Gasteiger partial charge in [0.15, 0.2) is 9.84 Å². The third-order valence-corrected chi connectivity index (χ3v) is 6.41. The number of hydrogen-bond donors (Lipinski definition) is 2. The molecule has 1 saturated carbocycles. The molecule has 2 N–H and O–H groups in total. The van der Waals surface area contributed by atoms with Gasteiger partial charge in [-0.3, -0.25) is 0 Å². The molecule has 2 amide bonds. The molecule has 0 aromatic rings. The van der Waals surface area contributed by atoms with Crippen molar-refractivity contribution in [1.82, 2.24) is 10.6 Å². The van der Waals surface area contributed by atoms with Gasteiger partial charge in [-0.25, -0.2) is 13.2 Å². The van der Waals surface area contributed by atoms with Gasteiger partial charge < -0.3 is 15.4 Å². The fourth-order valence-corrected chi connectivity index (χ4v) is 5.37. The number of carbonyl (C=O) groups is 1. The van der Waals surface area contributed by atoms with Crippen LogP contribution in [0.2, 0.25) is 0 Å². The number of ether oxygens (including phenoxy) is 1. The number of rotatable bonds is 3. The van der Waals surface area contributed by atoms with E-state index in [2.05, 4.69) is 24.5 Å². The van der Waals surface area contributed by atoms with Crippen molar-refractivity contribution in [3.63, 3.8) is 0 Å². The van der Waals surface area contributed by atoms with Crippen molar-refractivity contribution in [2.24, 2.45) is 11.3 Å². The molecule has 4 atom stereocenters. The monoisotopic (exact) mass is 304 g/mol. The lowest BCUT2D eigenvalue weighted by molar-refractivity contribution is -0.140. The summed E-state index contributed by atoms with van der Waals surface area (Å²) in [5.74, 6) is 0.452. The summed E-state index contributed by atoms with van der Waals surface area (Å²) < 4.78 is 28.2. The van der Waals surface area contributed by atoms with Crippen molar-refractivity contribution in [1.29, 1.82) is 0 Å². The van der Waals surface area contributed by atoms with E-state index in [-0.39, 0.29) is 47.1 Å². The standard InChI is InChI=1S/C13H24N2O4S/c1-8-10(13(2,3)11(8)19-4)15-12(16)14-9-5-6-20(17,18)7-9/h8-11H,5-7H2,1-4H3,(H2,14,15,16). The Hall–Kier alpha value is -0.820. The molecule has 0 aromatic carbocycles. The Balaban J connectivity index is 1.87. The number of sulfone groups is 1. The third kappa shape index (κ3) is 2.79. The summed E-state index contributed by atoms with van der Waals surface area (Å²) in [5, 5.41) is 5.70. The van der Waals surface area contributed by atoms with E-state index in [1.807, 2.05) is 6.92 Å². The van der Waals surface area contributed by atoms with E-state index >= 15 is 0 Å². The SMILES string of the molecule is COC1C(C)C(NC(=O)NC2CCS(=O)(=O)C2)C1(C)C. The van der Waals surface area contributed by atoms with E-state index in [9.17, 15) is 13.2 Å². The first-order valence-corrected chi connectivity index (χ1v) is 8.80. The summed E-state index contributed by atoms with van der Waals surface area (Å²) in [5.41, 5.74) is -0.118. The Morgan fingerprint density at radius 1 is 1.30 bits per heavy atom. The topological polar surface area (TPSA) is 84.5 Å². The lowest BCUT2D eigenvalue weighted by atomic mass is 9.58. The molecule has 6 nitrogen and oxygen atoms in total. The van der Waals surface area contributed by atoms with Crippen LogP contribution in [0.3, 0.4) is 0 Å². The van der Waals surface area contributed by atoms with Crippen LogP contribution in [0.5, 0.6) is 0 Å². The van der Waals surface area contributed by atoms with Crippen LogP contribution in [0.25, 0.3) is 0 Å². The number of hydrogen-bond acceptors (Lipinski definition) is 4. The molecule has 1 heterocycles. The maximum absolute atomic E-state index is 12.0. The van der Waals surface area contributed by atoms with Crippen molar-refractivity contribution in [3.8, 4) is 0 Å². The number of nitrogens with one attached hydrogen (secondary N) is 2. The van der Waals surface area contributed by atoms with Crippen molar-refractivity contribution in [3.05, 3.63) is 0 Å². The average Bonchev–Trinajstić information content (AvgIpc) is 2.66. The van der Waals surface area contributed by atoms with Crippen molar-refractivity contribution in [2.75, 3.05) is 18.6 Å². The molecule has 0 aromatic heterocycles. The maximum Gasteiger partial charge on any atom is 0.315 e. The largest absolute Gasteiger partial charge is 0.380 e. The molecule has 0 radical (unpaired) electrons.